The van der Waals surface area contributed by atoms with Crippen LogP contribution in [0.4, 0.5) is 4.39 Å². The largest absolute Gasteiger partial charge is 0.494 e. The minimum absolute atomic E-state index is 0.188. The van der Waals surface area contributed by atoms with E-state index in [2.05, 4.69) is 5.32 Å². The third-order valence-corrected chi connectivity index (χ3v) is 3.00. The Labute approximate surface area is 119 Å². The fourth-order valence-electron chi connectivity index (χ4n) is 1.89. The van der Waals surface area contributed by atoms with Crippen molar-refractivity contribution in [2.24, 2.45) is 0 Å². The molecule has 2 aromatic rings. The molecule has 0 atom stereocenters. The lowest BCUT2D eigenvalue weighted by molar-refractivity contribution is 0.306. The predicted octanol–water partition coefficient (Wildman–Crippen LogP) is 3.77. The Morgan fingerprint density at radius 1 is 0.900 bits per heavy atom. The first-order valence-electron chi connectivity index (χ1n) is 6.97. The third-order valence-electron chi connectivity index (χ3n) is 3.00. The van der Waals surface area contributed by atoms with Crippen molar-refractivity contribution < 1.29 is 9.13 Å². The maximum Gasteiger partial charge on any atom is 0.123 e. The lowest BCUT2D eigenvalue weighted by Crippen LogP contribution is -2.15. The van der Waals surface area contributed by atoms with E-state index in [1.807, 2.05) is 30.3 Å². The van der Waals surface area contributed by atoms with E-state index in [0.29, 0.717) is 0 Å². The molecule has 0 spiro atoms. The third kappa shape index (κ3) is 5.41. The topological polar surface area (TPSA) is 21.3 Å². The van der Waals surface area contributed by atoms with Crippen molar-refractivity contribution in [2.45, 2.75) is 19.4 Å². The highest BCUT2D eigenvalue weighted by molar-refractivity contribution is 5.20. The van der Waals surface area contributed by atoms with Crippen molar-refractivity contribution in [3.8, 4) is 5.75 Å². The van der Waals surface area contributed by atoms with Crippen LogP contribution in [0.3, 0.4) is 0 Å². The zero-order valence-electron chi connectivity index (χ0n) is 11.5. The first-order valence-corrected chi connectivity index (χ1v) is 6.97. The molecule has 0 aliphatic rings. The van der Waals surface area contributed by atoms with E-state index in [9.17, 15) is 4.39 Å². The summed E-state index contributed by atoms with van der Waals surface area (Å²) in [4.78, 5) is 0. The Bertz CT molecular complexity index is 484. The molecular weight excluding hydrogens is 253 g/mol. The minimum atomic E-state index is -0.188. The molecule has 0 fully saturated rings. The Morgan fingerprint density at radius 2 is 1.65 bits per heavy atom. The van der Waals surface area contributed by atoms with Crippen LogP contribution in [0.2, 0.25) is 0 Å². The lowest BCUT2D eigenvalue weighted by atomic mass is 10.2. The number of hydrogen-bond acceptors (Lipinski definition) is 2. The zero-order valence-corrected chi connectivity index (χ0v) is 11.5. The van der Waals surface area contributed by atoms with Gasteiger partial charge in [-0.1, -0.05) is 30.3 Å². The number of benzene rings is 2. The molecule has 2 rings (SSSR count). The second kappa shape index (κ2) is 8.33. The molecule has 0 heterocycles. The monoisotopic (exact) mass is 273 g/mol. The van der Waals surface area contributed by atoms with Crippen LogP contribution in [0.25, 0.3) is 0 Å². The predicted molar refractivity (Wildman–Crippen MR) is 79.3 cm³/mol. The van der Waals surface area contributed by atoms with Crippen molar-refractivity contribution >= 4 is 0 Å². The van der Waals surface area contributed by atoms with E-state index in [1.54, 1.807) is 12.1 Å². The summed E-state index contributed by atoms with van der Waals surface area (Å²) in [6.45, 7) is 2.46. The number of halogens is 1. The Hall–Kier alpha value is -1.87. The van der Waals surface area contributed by atoms with Crippen LogP contribution in [0.5, 0.6) is 5.75 Å². The van der Waals surface area contributed by atoms with Crippen LogP contribution in [-0.2, 0) is 6.54 Å². The van der Waals surface area contributed by atoms with E-state index in [0.717, 1.165) is 43.9 Å². The minimum Gasteiger partial charge on any atom is -0.494 e. The summed E-state index contributed by atoms with van der Waals surface area (Å²) in [6, 6.07) is 16.4. The molecule has 3 heteroatoms. The maximum absolute atomic E-state index is 12.7. The second-order valence-corrected chi connectivity index (χ2v) is 4.67. The summed E-state index contributed by atoms with van der Waals surface area (Å²) in [5.74, 6) is 0.735. The van der Waals surface area contributed by atoms with Crippen molar-refractivity contribution in [3.63, 3.8) is 0 Å². The van der Waals surface area contributed by atoms with Gasteiger partial charge in [0.25, 0.3) is 0 Å². The van der Waals surface area contributed by atoms with E-state index in [4.69, 9.17) is 4.74 Å². The summed E-state index contributed by atoms with van der Waals surface area (Å²) in [5, 5.41) is 3.34. The van der Waals surface area contributed by atoms with Gasteiger partial charge in [-0.2, -0.15) is 0 Å². The smallest absolute Gasteiger partial charge is 0.123 e. The molecule has 20 heavy (non-hydrogen) atoms. The summed E-state index contributed by atoms with van der Waals surface area (Å²) >= 11 is 0. The first kappa shape index (κ1) is 14.5. The molecule has 2 nitrogen and oxygen atoms in total. The van der Waals surface area contributed by atoms with Crippen molar-refractivity contribution in [1.29, 1.82) is 0 Å². The van der Waals surface area contributed by atoms with Crippen molar-refractivity contribution in [2.75, 3.05) is 13.2 Å². The van der Waals surface area contributed by atoms with Gasteiger partial charge in [0.05, 0.1) is 6.61 Å². The Kier molecular flexibility index (Phi) is 6.06. The fourth-order valence-corrected chi connectivity index (χ4v) is 1.89. The van der Waals surface area contributed by atoms with Gasteiger partial charge in [-0.15, -0.1) is 0 Å². The van der Waals surface area contributed by atoms with Crippen LogP contribution in [-0.4, -0.2) is 13.2 Å². The molecule has 0 aromatic heterocycles. The highest BCUT2D eigenvalue weighted by Crippen LogP contribution is 2.08. The van der Waals surface area contributed by atoms with Gasteiger partial charge in [0.2, 0.25) is 0 Å². The average Bonchev–Trinajstić information content (AvgIpc) is 2.49. The number of hydrogen-bond donors (Lipinski definition) is 1. The van der Waals surface area contributed by atoms with Gasteiger partial charge in [-0.3, -0.25) is 0 Å². The van der Waals surface area contributed by atoms with Gasteiger partial charge < -0.3 is 10.1 Å². The van der Waals surface area contributed by atoms with Gasteiger partial charge in [-0.05, 0) is 49.2 Å². The average molecular weight is 273 g/mol. The summed E-state index contributed by atoms with van der Waals surface area (Å²) in [5.41, 5.74) is 1.10. The molecule has 106 valence electrons. The Balaban J connectivity index is 1.51. The molecule has 0 saturated carbocycles. The van der Waals surface area contributed by atoms with Crippen LogP contribution in [0, 0.1) is 5.82 Å². The van der Waals surface area contributed by atoms with Gasteiger partial charge in [0.15, 0.2) is 0 Å². The van der Waals surface area contributed by atoms with Gasteiger partial charge in [-0.25, -0.2) is 4.39 Å². The normalized spacial score (nSPS) is 10.4. The molecule has 0 amide bonds. The number of unbranched alkanes of at least 4 members (excludes halogenated alkanes) is 1. The summed E-state index contributed by atoms with van der Waals surface area (Å²) in [7, 11) is 0. The quantitative estimate of drug-likeness (QED) is 0.739. The van der Waals surface area contributed by atoms with Crippen molar-refractivity contribution in [1.82, 2.24) is 5.32 Å². The van der Waals surface area contributed by atoms with Gasteiger partial charge in [0, 0.05) is 6.54 Å². The molecule has 0 saturated heterocycles. The number of nitrogens with one attached hydrogen (secondary N) is 1. The van der Waals surface area contributed by atoms with Crippen LogP contribution in [0.15, 0.2) is 54.6 Å². The summed E-state index contributed by atoms with van der Waals surface area (Å²) < 4.78 is 18.3. The maximum atomic E-state index is 12.7. The molecule has 0 aliphatic carbocycles. The molecule has 0 bridgehead atoms. The molecule has 1 N–H and O–H groups in total. The standard InChI is InChI=1S/C17H20FNO/c18-16-10-8-15(9-11-16)14-19-12-4-5-13-20-17-6-2-1-3-7-17/h1-3,6-11,19H,4-5,12-14H2. The molecule has 2 aromatic carbocycles. The molecule has 0 unspecified atom stereocenters. The molecular formula is C17H20FNO. The van der Waals surface area contributed by atoms with E-state index >= 15 is 0 Å². The molecule has 0 aliphatic heterocycles. The highest BCUT2D eigenvalue weighted by Gasteiger charge is 1.95. The van der Waals surface area contributed by atoms with Crippen molar-refractivity contribution in [3.05, 3.63) is 66.0 Å². The van der Waals surface area contributed by atoms with E-state index in [1.165, 1.54) is 12.1 Å². The molecule has 0 radical (unpaired) electrons. The van der Waals surface area contributed by atoms with Crippen LogP contribution >= 0.6 is 0 Å². The zero-order chi connectivity index (χ0) is 14.0. The lowest BCUT2D eigenvalue weighted by Gasteiger charge is -2.07. The van der Waals surface area contributed by atoms with E-state index in [-0.39, 0.29) is 5.82 Å². The second-order valence-electron chi connectivity index (χ2n) is 4.67. The first-order chi connectivity index (χ1) is 9.84. The van der Waals surface area contributed by atoms with Gasteiger partial charge >= 0.3 is 0 Å². The van der Waals surface area contributed by atoms with Crippen LogP contribution < -0.4 is 10.1 Å². The summed E-state index contributed by atoms with van der Waals surface area (Å²) in [6.07, 6.45) is 2.08. The van der Waals surface area contributed by atoms with Gasteiger partial charge in [0.1, 0.15) is 11.6 Å². The fraction of sp³-hybridized carbons (Fsp3) is 0.294. The SMILES string of the molecule is Fc1ccc(CNCCCCOc2ccccc2)cc1. The van der Waals surface area contributed by atoms with Crippen LogP contribution in [0.1, 0.15) is 18.4 Å². The highest BCUT2D eigenvalue weighted by atomic mass is 19.1. The Morgan fingerprint density at radius 3 is 2.40 bits per heavy atom. The number of ether oxygens (including phenoxy) is 1. The number of para-hydroxylation sites is 1. The number of rotatable bonds is 8. The van der Waals surface area contributed by atoms with E-state index < -0.39 is 0 Å².